The molecule has 0 unspecified atom stereocenters. The molecule has 0 N–H and O–H groups in total. The molecule has 0 saturated heterocycles. The monoisotopic (exact) mass is 686 g/mol. The first-order valence-electron chi connectivity index (χ1n) is 13.9. The molecule has 7 nitrogen and oxygen atoms in total. The normalized spacial score (nSPS) is 11.8. The van der Waals surface area contributed by atoms with Crippen LogP contribution in [0.2, 0.25) is 0 Å². The molecule has 7 aromatic rings. The summed E-state index contributed by atoms with van der Waals surface area (Å²) in [5, 5.41) is 6.71. The maximum absolute atomic E-state index is 5.65. The van der Waals surface area contributed by atoms with Crippen molar-refractivity contribution >= 4 is 91.1 Å². The second-order valence-corrected chi connectivity index (χ2v) is 14.5. The summed E-state index contributed by atoms with van der Waals surface area (Å²) in [6.45, 7) is 0. The molecule has 4 heterocycles. The lowest BCUT2D eigenvalue weighted by Crippen LogP contribution is -2.11. The molecule has 45 heavy (non-hydrogen) atoms. The molecule has 0 aliphatic heterocycles. The van der Waals surface area contributed by atoms with Crippen molar-refractivity contribution in [2.75, 3.05) is 38.4 Å². The fourth-order valence-corrected chi connectivity index (χ4v) is 9.06. The van der Waals surface area contributed by atoms with Crippen LogP contribution >= 0.6 is 58.8 Å². The van der Waals surface area contributed by atoms with Crippen LogP contribution in [0.15, 0.2) is 98.1 Å². The molecule has 0 atom stereocenters. The Balaban J connectivity index is 1.42. The SMILES string of the molecule is COc1cc2cn(-c3nc(-n4cc5cc(SC)c(SC)cc5c4)nc(-n4cc5cc(SC)c(SC)cc5c4)n3)cc2cc1SC. The maximum atomic E-state index is 5.65. The summed E-state index contributed by atoms with van der Waals surface area (Å²) in [6, 6.07) is 13.2. The molecule has 0 amide bonds. The van der Waals surface area contributed by atoms with Crippen molar-refractivity contribution in [3.8, 4) is 23.6 Å². The number of aromatic nitrogens is 6. The van der Waals surface area contributed by atoms with Gasteiger partial charge in [0.25, 0.3) is 0 Å². The van der Waals surface area contributed by atoms with Gasteiger partial charge in [0.2, 0.25) is 17.8 Å². The van der Waals surface area contributed by atoms with Crippen molar-refractivity contribution < 1.29 is 4.74 Å². The van der Waals surface area contributed by atoms with E-state index in [1.807, 2.05) is 19.9 Å². The van der Waals surface area contributed by atoms with Crippen molar-refractivity contribution in [1.82, 2.24) is 28.7 Å². The topological polar surface area (TPSA) is 62.7 Å². The van der Waals surface area contributed by atoms with Gasteiger partial charge >= 0.3 is 0 Å². The van der Waals surface area contributed by atoms with Gasteiger partial charge in [-0.15, -0.1) is 58.8 Å². The molecule has 0 aliphatic rings. The third kappa shape index (κ3) is 5.61. The largest absolute Gasteiger partial charge is 0.496 e. The zero-order valence-electron chi connectivity index (χ0n) is 25.6. The van der Waals surface area contributed by atoms with Gasteiger partial charge in [-0.3, -0.25) is 13.7 Å². The summed E-state index contributed by atoms with van der Waals surface area (Å²) in [7, 11) is 1.71. The minimum Gasteiger partial charge on any atom is -0.496 e. The van der Waals surface area contributed by atoms with Gasteiger partial charge in [0.05, 0.1) is 7.11 Å². The molecule has 4 aromatic heterocycles. The number of thioether (sulfide) groups is 5. The van der Waals surface area contributed by atoms with Gasteiger partial charge in [-0.25, -0.2) is 0 Å². The van der Waals surface area contributed by atoms with Gasteiger partial charge in [0.15, 0.2) is 0 Å². The first-order valence-corrected chi connectivity index (χ1v) is 20.1. The Kier molecular flexibility index (Phi) is 8.51. The van der Waals surface area contributed by atoms with E-state index in [4.69, 9.17) is 19.7 Å². The van der Waals surface area contributed by atoms with E-state index < -0.39 is 0 Å². The van der Waals surface area contributed by atoms with E-state index in [-0.39, 0.29) is 0 Å². The number of hydrogen-bond donors (Lipinski definition) is 0. The number of nitrogens with zero attached hydrogens (tertiary/aromatic N) is 6. The molecular formula is C33H30N6OS5. The lowest BCUT2D eigenvalue weighted by molar-refractivity contribution is 0.405. The highest BCUT2D eigenvalue weighted by atomic mass is 32.2. The average molecular weight is 687 g/mol. The molecule has 0 aliphatic carbocycles. The van der Waals surface area contributed by atoms with E-state index in [9.17, 15) is 0 Å². The summed E-state index contributed by atoms with van der Waals surface area (Å²) in [6.07, 6.45) is 23.1. The van der Waals surface area contributed by atoms with Crippen LogP contribution in [0.4, 0.5) is 0 Å². The quantitative estimate of drug-likeness (QED) is 0.138. The fourth-order valence-electron chi connectivity index (χ4n) is 5.45. The predicted octanol–water partition coefficient (Wildman–Crippen LogP) is 9.32. The summed E-state index contributed by atoms with van der Waals surface area (Å²) < 4.78 is 11.6. The Labute approximate surface area is 282 Å². The highest BCUT2D eigenvalue weighted by Gasteiger charge is 2.16. The molecule has 228 valence electrons. The molecule has 0 radical (unpaired) electrons. The Morgan fingerprint density at radius 3 is 0.956 bits per heavy atom. The van der Waals surface area contributed by atoms with Crippen LogP contribution in [0.25, 0.3) is 50.2 Å². The Hall–Kier alpha value is -3.16. The number of hydrogen-bond acceptors (Lipinski definition) is 9. The van der Waals surface area contributed by atoms with Crippen LogP contribution in [0, 0.1) is 0 Å². The lowest BCUT2D eigenvalue weighted by atomic mass is 10.2. The average Bonchev–Trinajstić information content (AvgIpc) is 3.81. The minimum atomic E-state index is 0.538. The van der Waals surface area contributed by atoms with Crippen molar-refractivity contribution in [2.45, 2.75) is 24.5 Å². The molecule has 12 heteroatoms. The van der Waals surface area contributed by atoms with E-state index in [1.165, 1.54) is 19.6 Å². The van der Waals surface area contributed by atoms with Crippen LogP contribution in [0.5, 0.6) is 5.75 Å². The summed E-state index contributed by atoms with van der Waals surface area (Å²) >= 11 is 8.71. The standard InChI is InChI=1S/C33H30N6OS5/c1-40-25-7-19-13-37(14-20(19)8-26(25)41-2)31-34-32(38-15-21-9-27(42-3)28(43-4)10-22(21)16-38)36-33(35-31)39-17-23-11-29(44-5)30(45-6)12-24(23)18-39/h7-18H,1-6H3. The Morgan fingerprint density at radius 2 is 0.689 bits per heavy atom. The van der Waals surface area contributed by atoms with Gasteiger partial charge in [0.1, 0.15) is 5.75 Å². The van der Waals surface area contributed by atoms with Gasteiger partial charge < -0.3 is 4.74 Å². The smallest absolute Gasteiger partial charge is 0.240 e. The zero-order valence-corrected chi connectivity index (χ0v) is 29.6. The van der Waals surface area contributed by atoms with Crippen LogP contribution < -0.4 is 4.74 Å². The van der Waals surface area contributed by atoms with Crippen LogP contribution in [0.3, 0.4) is 0 Å². The molecule has 7 rings (SSSR count). The number of benzene rings is 3. The summed E-state index contributed by atoms with van der Waals surface area (Å²) in [5.41, 5.74) is 0. The summed E-state index contributed by atoms with van der Waals surface area (Å²) in [4.78, 5) is 21.2. The number of fused-ring (bicyclic) bond motifs is 3. The van der Waals surface area contributed by atoms with Crippen LogP contribution in [-0.2, 0) is 0 Å². The maximum Gasteiger partial charge on any atom is 0.240 e. The highest BCUT2D eigenvalue weighted by molar-refractivity contribution is 8.02. The van der Waals surface area contributed by atoms with Crippen LogP contribution in [0.1, 0.15) is 0 Å². The zero-order chi connectivity index (χ0) is 31.2. The van der Waals surface area contributed by atoms with E-state index in [0.717, 1.165) is 43.0 Å². The molecular weight excluding hydrogens is 657 g/mol. The second kappa shape index (κ2) is 12.6. The molecule has 0 saturated carbocycles. The fraction of sp³-hybridized carbons (Fsp3) is 0.182. The molecule has 0 bridgehead atoms. The summed E-state index contributed by atoms with van der Waals surface area (Å²) in [5.74, 6) is 2.49. The van der Waals surface area contributed by atoms with E-state index in [0.29, 0.717) is 17.8 Å². The second-order valence-electron chi connectivity index (χ2n) is 10.2. The lowest BCUT2D eigenvalue weighted by Gasteiger charge is -2.09. The predicted molar refractivity (Wildman–Crippen MR) is 196 cm³/mol. The third-order valence-electron chi connectivity index (χ3n) is 7.73. The van der Waals surface area contributed by atoms with Gasteiger partial charge in [0, 0.05) is 94.0 Å². The molecule has 0 fully saturated rings. The van der Waals surface area contributed by atoms with E-state index in [2.05, 4.69) is 98.7 Å². The first-order chi connectivity index (χ1) is 21.9. The first kappa shape index (κ1) is 30.5. The number of methoxy groups -OCH3 is 1. The minimum absolute atomic E-state index is 0.538. The van der Waals surface area contributed by atoms with Crippen molar-refractivity contribution in [1.29, 1.82) is 0 Å². The van der Waals surface area contributed by atoms with Gasteiger partial charge in [-0.05, 0) is 67.7 Å². The Bertz CT molecular complexity index is 1840. The van der Waals surface area contributed by atoms with Crippen molar-refractivity contribution in [3.63, 3.8) is 0 Å². The number of ether oxygens (including phenoxy) is 1. The van der Waals surface area contributed by atoms with Gasteiger partial charge in [-0.2, -0.15) is 15.0 Å². The molecule has 3 aromatic carbocycles. The highest BCUT2D eigenvalue weighted by Crippen LogP contribution is 2.36. The number of rotatable bonds is 9. The van der Waals surface area contributed by atoms with Gasteiger partial charge in [-0.1, -0.05) is 0 Å². The van der Waals surface area contributed by atoms with E-state index >= 15 is 0 Å². The van der Waals surface area contributed by atoms with Crippen LogP contribution in [-0.4, -0.2) is 67.0 Å². The van der Waals surface area contributed by atoms with Crippen molar-refractivity contribution in [3.05, 3.63) is 73.6 Å². The van der Waals surface area contributed by atoms with E-state index in [1.54, 1.807) is 65.9 Å². The molecule has 0 spiro atoms. The Morgan fingerprint density at radius 1 is 0.422 bits per heavy atom. The van der Waals surface area contributed by atoms with Crippen molar-refractivity contribution in [2.24, 2.45) is 0 Å². The third-order valence-corrected chi connectivity index (χ3v) is 11.9.